The first kappa shape index (κ1) is 12.9. The smallest absolute Gasteiger partial charge is 0.220 e. The topological polar surface area (TPSA) is 38.3 Å². The highest BCUT2D eigenvalue weighted by Gasteiger charge is 2.31. The van der Waals surface area contributed by atoms with E-state index in [1.54, 1.807) is 0 Å². The van der Waals surface area contributed by atoms with E-state index >= 15 is 0 Å². The van der Waals surface area contributed by atoms with Crippen molar-refractivity contribution in [3.8, 4) is 5.75 Å². The number of hydrogen-bond acceptors (Lipinski definition) is 2. The molecule has 0 radical (unpaired) electrons. The fourth-order valence-electron chi connectivity index (χ4n) is 2.51. The Morgan fingerprint density at radius 3 is 2.56 bits per heavy atom. The van der Waals surface area contributed by atoms with Crippen LogP contribution in [0.2, 0.25) is 0 Å². The summed E-state index contributed by atoms with van der Waals surface area (Å²) in [5.41, 5.74) is 1.22. The third kappa shape index (κ3) is 2.84. The van der Waals surface area contributed by atoms with Crippen LogP contribution in [0.3, 0.4) is 0 Å². The minimum Gasteiger partial charge on any atom is -0.491 e. The lowest BCUT2D eigenvalue weighted by molar-refractivity contribution is -0.119. The summed E-state index contributed by atoms with van der Waals surface area (Å²) in [7, 11) is 0. The van der Waals surface area contributed by atoms with Crippen LogP contribution in [0, 0.1) is 0 Å². The molecular formula is C15H21NO2. The summed E-state index contributed by atoms with van der Waals surface area (Å²) in [6, 6.07) is 8.40. The highest BCUT2D eigenvalue weighted by Crippen LogP contribution is 2.31. The van der Waals surface area contributed by atoms with Crippen LogP contribution in [0.15, 0.2) is 24.3 Å². The number of benzene rings is 1. The Morgan fingerprint density at radius 2 is 2.00 bits per heavy atom. The summed E-state index contributed by atoms with van der Waals surface area (Å²) in [4.78, 5) is 11.5. The van der Waals surface area contributed by atoms with Gasteiger partial charge in [0.15, 0.2) is 0 Å². The van der Waals surface area contributed by atoms with Gasteiger partial charge in [-0.15, -0.1) is 0 Å². The van der Waals surface area contributed by atoms with E-state index in [9.17, 15) is 4.79 Å². The molecule has 0 aromatic heterocycles. The van der Waals surface area contributed by atoms with Crippen molar-refractivity contribution in [2.24, 2.45) is 0 Å². The van der Waals surface area contributed by atoms with Gasteiger partial charge >= 0.3 is 0 Å². The van der Waals surface area contributed by atoms with E-state index in [1.165, 1.54) is 5.56 Å². The van der Waals surface area contributed by atoms with Crippen molar-refractivity contribution in [2.75, 3.05) is 0 Å². The van der Waals surface area contributed by atoms with E-state index in [2.05, 4.69) is 24.4 Å². The molecule has 98 valence electrons. The molecule has 0 saturated carbocycles. The summed E-state index contributed by atoms with van der Waals surface area (Å²) < 4.78 is 5.62. The lowest BCUT2D eigenvalue weighted by atomic mass is 9.90. The molecule has 2 unspecified atom stereocenters. The Kier molecular flexibility index (Phi) is 3.90. The molecule has 3 heteroatoms. The molecule has 2 rings (SSSR count). The SMILES string of the molecule is CCC1NC(=O)CC1c1ccc(OC(C)C)cc1. The molecule has 18 heavy (non-hydrogen) atoms. The van der Waals surface area contributed by atoms with Gasteiger partial charge in [-0.25, -0.2) is 0 Å². The van der Waals surface area contributed by atoms with Gasteiger partial charge in [-0.2, -0.15) is 0 Å². The maximum atomic E-state index is 11.5. The van der Waals surface area contributed by atoms with E-state index in [0.29, 0.717) is 12.3 Å². The molecule has 1 heterocycles. The minimum atomic E-state index is 0.161. The second kappa shape index (κ2) is 5.42. The Balaban J connectivity index is 2.11. The first-order valence-corrected chi connectivity index (χ1v) is 6.66. The van der Waals surface area contributed by atoms with Gasteiger partial charge in [0.2, 0.25) is 5.91 Å². The quantitative estimate of drug-likeness (QED) is 0.888. The third-order valence-corrected chi connectivity index (χ3v) is 3.36. The van der Waals surface area contributed by atoms with Crippen molar-refractivity contribution in [3.05, 3.63) is 29.8 Å². The summed E-state index contributed by atoms with van der Waals surface area (Å²) in [5.74, 6) is 1.35. The van der Waals surface area contributed by atoms with Crippen LogP contribution in [0.25, 0.3) is 0 Å². The second-order valence-electron chi connectivity index (χ2n) is 5.13. The molecule has 1 aromatic rings. The Bertz CT molecular complexity index is 411. The molecule has 0 aliphatic carbocycles. The van der Waals surface area contributed by atoms with Crippen LogP contribution in [0.5, 0.6) is 5.75 Å². The lowest BCUT2D eigenvalue weighted by Crippen LogP contribution is -2.27. The second-order valence-corrected chi connectivity index (χ2v) is 5.13. The van der Waals surface area contributed by atoms with E-state index in [4.69, 9.17) is 4.74 Å². The molecule has 0 bridgehead atoms. The number of carbonyl (C=O) groups excluding carboxylic acids is 1. The van der Waals surface area contributed by atoms with Crippen molar-refractivity contribution < 1.29 is 9.53 Å². The fourth-order valence-corrected chi connectivity index (χ4v) is 2.51. The van der Waals surface area contributed by atoms with Gasteiger partial charge in [0.25, 0.3) is 0 Å². The fraction of sp³-hybridized carbons (Fsp3) is 0.533. The molecule has 1 N–H and O–H groups in total. The van der Waals surface area contributed by atoms with Crippen LogP contribution >= 0.6 is 0 Å². The van der Waals surface area contributed by atoms with Crippen molar-refractivity contribution in [1.82, 2.24) is 5.32 Å². The zero-order valence-electron chi connectivity index (χ0n) is 11.3. The van der Waals surface area contributed by atoms with Gasteiger partial charge in [0.05, 0.1) is 6.10 Å². The number of amides is 1. The van der Waals surface area contributed by atoms with Crippen LogP contribution in [-0.4, -0.2) is 18.1 Å². The molecule has 1 aliphatic rings. The first-order valence-electron chi connectivity index (χ1n) is 6.66. The Morgan fingerprint density at radius 1 is 1.33 bits per heavy atom. The van der Waals surface area contributed by atoms with Gasteiger partial charge in [-0.1, -0.05) is 19.1 Å². The molecule has 3 nitrogen and oxygen atoms in total. The molecule has 0 spiro atoms. The van der Waals surface area contributed by atoms with E-state index in [-0.39, 0.29) is 18.1 Å². The number of nitrogens with one attached hydrogen (secondary N) is 1. The molecule has 1 amide bonds. The average Bonchev–Trinajstić information content (AvgIpc) is 2.71. The summed E-state index contributed by atoms with van der Waals surface area (Å²) in [6.07, 6.45) is 1.76. The maximum Gasteiger partial charge on any atom is 0.220 e. The lowest BCUT2D eigenvalue weighted by Gasteiger charge is -2.18. The zero-order chi connectivity index (χ0) is 13.1. The largest absolute Gasteiger partial charge is 0.491 e. The summed E-state index contributed by atoms with van der Waals surface area (Å²) >= 11 is 0. The van der Waals surface area contributed by atoms with Crippen molar-refractivity contribution >= 4 is 5.91 Å². The van der Waals surface area contributed by atoms with Gasteiger partial charge in [0, 0.05) is 18.4 Å². The Labute approximate surface area is 109 Å². The number of hydrogen-bond donors (Lipinski definition) is 1. The van der Waals surface area contributed by atoms with Crippen LogP contribution < -0.4 is 10.1 Å². The molecule has 2 atom stereocenters. The zero-order valence-corrected chi connectivity index (χ0v) is 11.3. The van der Waals surface area contributed by atoms with Crippen molar-refractivity contribution in [2.45, 2.75) is 51.7 Å². The van der Waals surface area contributed by atoms with Crippen LogP contribution in [-0.2, 0) is 4.79 Å². The van der Waals surface area contributed by atoms with Crippen LogP contribution in [0.4, 0.5) is 0 Å². The molecule has 1 aromatic carbocycles. The van der Waals surface area contributed by atoms with E-state index in [1.807, 2.05) is 26.0 Å². The predicted molar refractivity (Wildman–Crippen MR) is 71.8 cm³/mol. The highest BCUT2D eigenvalue weighted by molar-refractivity contribution is 5.80. The number of ether oxygens (including phenoxy) is 1. The van der Waals surface area contributed by atoms with E-state index < -0.39 is 0 Å². The number of rotatable bonds is 4. The van der Waals surface area contributed by atoms with Gasteiger partial charge in [0.1, 0.15) is 5.75 Å². The first-order chi connectivity index (χ1) is 8.60. The maximum absolute atomic E-state index is 11.5. The van der Waals surface area contributed by atoms with Gasteiger partial charge < -0.3 is 10.1 Å². The van der Waals surface area contributed by atoms with Gasteiger partial charge in [-0.3, -0.25) is 4.79 Å². The molecule has 1 aliphatic heterocycles. The third-order valence-electron chi connectivity index (χ3n) is 3.36. The Hall–Kier alpha value is -1.51. The van der Waals surface area contributed by atoms with Gasteiger partial charge in [-0.05, 0) is 38.0 Å². The molecular weight excluding hydrogens is 226 g/mol. The monoisotopic (exact) mass is 247 g/mol. The summed E-state index contributed by atoms with van der Waals surface area (Å²) in [5, 5.41) is 3.03. The van der Waals surface area contributed by atoms with Crippen molar-refractivity contribution in [3.63, 3.8) is 0 Å². The molecule has 1 fully saturated rings. The standard InChI is InChI=1S/C15H21NO2/c1-4-14-13(9-15(17)16-14)11-5-7-12(8-6-11)18-10(2)3/h5-8,10,13-14H,4,9H2,1-3H3,(H,16,17). The normalized spacial score (nSPS) is 23.2. The number of carbonyl (C=O) groups is 1. The van der Waals surface area contributed by atoms with Crippen molar-refractivity contribution in [1.29, 1.82) is 0 Å². The minimum absolute atomic E-state index is 0.161. The predicted octanol–water partition coefficient (Wildman–Crippen LogP) is 2.86. The highest BCUT2D eigenvalue weighted by atomic mass is 16.5. The molecule has 1 saturated heterocycles. The van der Waals surface area contributed by atoms with E-state index in [0.717, 1.165) is 12.2 Å². The average molecular weight is 247 g/mol. The van der Waals surface area contributed by atoms with Crippen LogP contribution in [0.1, 0.15) is 45.1 Å². The summed E-state index contributed by atoms with van der Waals surface area (Å²) in [6.45, 7) is 6.14.